The van der Waals surface area contributed by atoms with Crippen LogP contribution in [-0.4, -0.2) is 49.0 Å². The van der Waals surface area contributed by atoms with Crippen molar-refractivity contribution in [3.05, 3.63) is 42.0 Å². The molecule has 0 aliphatic carbocycles. The van der Waals surface area contributed by atoms with E-state index in [1.165, 1.54) is 24.5 Å². The van der Waals surface area contributed by atoms with Gasteiger partial charge in [0.25, 0.3) is 0 Å². The Morgan fingerprint density at radius 1 is 1.38 bits per heavy atom. The number of hydrogen-bond acceptors (Lipinski definition) is 5. The molecule has 0 unspecified atom stereocenters. The van der Waals surface area contributed by atoms with Gasteiger partial charge in [-0.3, -0.25) is 4.68 Å². The van der Waals surface area contributed by atoms with Crippen molar-refractivity contribution in [2.24, 2.45) is 0 Å². The van der Waals surface area contributed by atoms with Gasteiger partial charge in [-0.1, -0.05) is 0 Å². The number of carboxylic acid groups (broad SMARTS) is 1. The molecular formula is C17H12FN5O3. The van der Waals surface area contributed by atoms with Gasteiger partial charge in [-0.15, -0.1) is 0 Å². The molecule has 8 nitrogen and oxygen atoms in total. The Labute approximate surface area is 145 Å². The largest absolute Gasteiger partial charge is 0.478 e. The van der Waals surface area contributed by atoms with E-state index in [2.05, 4.69) is 20.1 Å². The van der Waals surface area contributed by atoms with Crippen LogP contribution in [0.3, 0.4) is 0 Å². The summed E-state index contributed by atoms with van der Waals surface area (Å²) in [5, 5.41) is 14.6. The van der Waals surface area contributed by atoms with E-state index in [-0.39, 0.29) is 22.9 Å². The number of halogens is 1. The molecule has 0 spiro atoms. The minimum atomic E-state index is -1.09. The number of carboxylic acids is 1. The highest BCUT2D eigenvalue weighted by Crippen LogP contribution is 2.32. The second-order valence-corrected chi connectivity index (χ2v) is 6.11. The number of rotatable bonds is 3. The van der Waals surface area contributed by atoms with Crippen molar-refractivity contribution < 1.29 is 19.0 Å². The maximum Gasteiger partial charge on any atom is 0.339 e. The van der Waals surface area contributed by atoms with E-state index in [1.54, 1.807) is 10.7 Å². The van der Waals surface area contributed by atoms with E-state index < -0.39 is 5.97 Å². The SMILES string of the molecule is O=C(O)c1c[nH]c2ncc(-c3nn(C4COC4)c4cc(F)ccc34)nc12. The summed E-state index contributed by atoms with van der Waals surface area (Å²) in [6.07, 6.45) is 2.88. The number of benzene rings is 1. The van der Waals surface area contributed by atoms with Crippen molar-refractivity contribution >= 4 is 28.0 Å². The van der Waals surface area contributed by atoms with Gasteiger partial charge in [0.2, 0.25) is 0 Å². The molecule has 9 heteroatoms. The predicted molar refractivity (Wildman–Crippen MR) is 89.4 cm³/mol. The molecular weight excluding hydrogens is 341 g/mol. The van der Waals surface area contributed by atoms with E-state index in [9.17, 15) is 14.3 Å². The zero-order valence-corrected chi connectivity index (χ0v) is 13.3. The summed E-state index contributed by atoms with van der Waals surface area (Å²) in [6, 6.07) is 4.46. The Morgan fingerprint density at radius 2 is 2.23 bits per heavy atom. The van der Waals surface area contributed by atoms with Crippen molar-refractivity contribution in [1.82, 2.24) is 24.7 Å². The summed E-state index contributed by atoms with van der Waals surface area (Å²) in [4.78, 5) is 22.8. The van der Waals surface area contributed by atoms with E-state index in [4.69, 9.17) is 4.74 Å². The smallest absolute Gasteiger partial charge is 0.339 e. The topological polar surface area (TPSA) is 106 Å². The van der Waals surface area contributed by atoms with Crippen LogP contribution in [0.25, 0.3) is 33.5 Å². The third-order valence-corrected chi connectivity index (χ3v) is 4.49. The number of nitrogens with zero attached hydrogens (tertiary/aromatic N) is 4. The second kappa shape index (κ2) is 5.33. The number of aromatic amines is 1. The number of nitrogens with one attached hydrogen (secondary N) is 1. The first kappa shape index (κ1) is 15.0. The van der Waals surface area contributed by atoms with Crippen LogP contribution in [0.4, 0.5) is 4.39 Å². The fourth-order valence-corrected chi connectivity index (χ4v) is 3.11. The number of hydrogen-bond donors (Lipinski definition) is 2. The number of aromatic carboxylic acids is 1. The van der Waals surface area contributed by atoms with Crippen LogP contribution in [0.2, 0.25) is 0 Å². The molecule has 2 N–H and O–H groups in total. The van der Waals surface area contributed by atoms with Crippen LogP contribution >= 0.6 is 0 Å². The Morgan fingerprint density at radius 3 is 2.96 bits per heavy atom. The standard InChI is InChI=1S/C17H12FN5O3/c18-8-1-2-10-13(3-8)23(9-6-26-7-9)22-14(10)12-5-20-16-15(21-12)11(4-19-16)17(24)25/h1-5,9H,6-7H2,(H,19,20)(H,24,25). The van der Waals surface area contributed by atoms with E-state index in [1.807, 2.05) is 0 Å². The van der Waals surface area contributed by atoms with E-state index in [0.29, 0.717) is 35.8 Å². The molecule has 1 fully saturated rings. The summed E-state index contributed by atoms with van der Waals surface area (Å²) in [5.74, 6) is -1.45. The lowest BCUT2D eigenvalue weighted by molar-refractivity contribution is -0.0265. The van der Waals surface area contributed by atoms with Crippen LogP contribution in [-0.2, 0) is 4.74 Å². The summed E-state index contributed by atoms with van der Waals surface area (Å²) in [7, 11) is 0. The lowest BCUT2D eigenvalue weighted by atomic mass is 10.1. The first-order valence-electron chi connectivity index (χ1n) is 7.95. The molecule has 0 radical (unpaired) electrons. The van der Waals surface area contributed by atoms with Crippen molar-refractivity contribution in [1.29, 1.82) is 0 Å². The first-order valence-corrected chi connectivity index (χ1v) is 7.95. The highest BCUT2D eigenvalue weighted by Gasteiger charge is 2.26. The second-order valence-electron chi connectivity index (χ2n) is 6.11. The predicted octanol–water partition coefficient (Wildman–Crippen LogP) is 2.38. The summed E-state index contributed by atoms with van der Waals surface area (Å²) in [6.45, 7) is 1.02. The van der Waals surface area contributed by atoms with Crippen LogP contribution in [0.1, 0.15) is 16.4 Å². The van der Waals surface area contributed by atoms with Gasteiger partial charge in [0.1, 0.15) is 28.3 Å². The average molecular weight is 353 g/mol. The Bertz CT molecular complexity index is 1180. The van der Waals surface area contributed by atoms with Gasteiger partial charge in [-0.05, 0) is 18.2 Å². The first-order chi connectivity index (χ1) is 12.6. The third-order valence-electron chi connectivity index (χ3n) is 4.49. The van der Waals surface area contributed by atoms with Gasteiger partial charge in [-0.25, -0.2) is 19.2 Å². The maximum absolute atomic E-state index is 13.8. The Hall–Kier alpha value is -3.33. The maximum atomic E-state index is 13.8. The molecule has 26 heavy (non-hydrogen) atoms. The molecule has 130 valence electrons. The number of aromatic nitrogens is 5. The molecule has 1 aliphatic rings. The number of ether oxygens (including phenoxy) is 1. The monoisotopic (exact) mass is 353 g/mol. The van der Waals surface area contributed by atoms with Gasteiger partial charge < -0.3 is 14.8 Å². The highest BCUT2D eigenvalue weighted by molar-refractivity contribution is 6.01. The van der Waals surface area contributed by atoms with Crippen LogP contribution in [0.5, 0.6) is 0 Å². The van der Waals surface area contributed by atoms with E-state index in [0.717, 1.165) is 5.39 Å². The lowest BCUT2D eigenvalue weighted by Gasteiger charge is -2.26. The lowest BCUT2D eigenvalue weighted by Crippen LogP contribution is -2.31. The zero-order chi connectivity index (χ0) is 17.8. The summed E-state index contributed by atoms with van der Waals surface area (Å²) >= 11 is 0. The van der Waals surface area contributed by atoms with Crippen LogP contribution in [0, 0.1) is 5.82 Å². The van der Waals surface area contributed by atoms with Crippen molar-refractivity contribution in [2.75, 3.05) is 13.2 Å². The fourth-order valence-electron chi connectivity index (χ4n) is 3.11. The Balaban J connectivity index is 1.75. The summed E-state index contributed by atoms with van der Waals surface area (Å²) in [5.41, 5.74) is 2.27. The molecule has 5 rings (SSSR count). The van der Waals surface area contributed by atoms with Gasteiger partial charge >= 0.3 is 5.97 Å². The molecule has 0 atom stereocenters. The van der Waals surface area contributed by atoms with Crippen molar-refractivity contribution in [3.8, 4) is 11.4 Å². The number of H-pyrrole nitrogens is 1. The number of carbonyl (C=O) groups is 1. The molecule has 0 bridgehead atoms. The molecule has 4 heterocycles. The summed E-state index contributed by atoms with van der Waals surface area (Å²) < 4.78 is 20.7. The quantitative estimate of drug-likeness (QED) is 0.586. The van der Waals surface area contributed by atoms with Gasteiger partial charge in [0.15, 0.2) is 5.65 Å². The molecule has 1 saturated heterocycles. The molecule has 0 amide bonds. The Kier molecular flexibility index (Phi) is 3.07. The van der Waals surface area contributed by atoms with Crippen molar-refractivity contribution in [2.45, 2.75) is 6.04 Å². The average Bonchev–Trinajstić information content (AvgIpc) is 3.14. The van der Waals surface area contributed by atoms with Gasteiger partial charge in [0.05, 0.1) is 31.0 Å². The van der Waals surface area contributed by atoms with Crippen molar-refractivity contribution in [3.63, 3.8) is 0 Å². The minimum Gasteiger partial charge on any atom is -0.478 e. The van der Waals surface area contributed by atoms with Crippen LogP contribution < -0.4 is 0 Å². The molecule has 4 aromatic rings. The molecule has 3 aromatic heterocycles. The molecule has 0 saturated carbocycles. The fraction of sp³-hybridized carbons (Fsp3) is 0.176. The van der Waals surface area contributed by atoms with Crippen LogP contribution in [0.15, 0.2) is 30.6 Å². The van der Waals surface area contributed by atoms with Gasteiger partial charge in [0, 0.05) is 11.6 Å². The molecule has 1 aromatic carbocycles. The third kappa shape index (κ3) is 2.10. The highest BCUT2D eigenvalue weighted by atomic mass is 19.1. The minimum absolute atomic E-state index is 0.0339. The van der Waals surface area contributed by atoms with E-state index >= 15 is 0 Å². The zero-order valence-electron chi connectivity index (χ0n) is 13.3. The van der Waals surface area contributed by atoms with Gasteiger partial charge in [-0.2, -0.15) is 5.10 Å². The normalized spacial score (nSPS) is 14.8. The number of fused-ring (bicyclic) bond motifs is 2. The molecule has 1 aliphatic heterocycles.